The van der Waals surface area contributed by atoms with Crippen LogP contribution in [0.25, 0.3) is 33.2 Å². The number of fused-ring (bicyclic) bond motifs is 1. The third-order valence-electron chi connectivity index (χ3n) is 7.97. The molecule has 1 aliphatic heterocycles. The largest absolute Gasteiger partial charge is 0.337 e. The van der Waals surface area contributed by atoms with Crippen molar-refractivity contribution in [2.24, 2.45) is 0 Å². The number of nitrogens with zero attached hydrogens (tertiary/aromatic N) is 4. The number of rotatable bonds is 7. The number of amides is 2. The molecule has 45 heavy (non-hydrogen) atoms. The van der Waals surface area contributed by atoms with Crippen molar-refractivity contribution in [2.75, 3.05) is 11.9 Å². The van der Waals surface area contributed by atoms with Gasteiger partial charge >= 0.3 is 0 Å². The number of benzene rings is 3. The summed E-state index contributed by atoms with van der Waals surface area (Å²) in [7, 11) is 0. The molecule has 2 amide bonds. The number of aryl methyl sites for hydroxylation is 1. The first-order chi connectivity index (χ1) is 21.6. The average molecular weight is 628 g/mol. The van der Waals surface area contributed by atoms with Crippen molar-refractivity contribution in [3.8, 4) is 22.3 Å². The Labute approximate surface area is 262 Å². The van der Waals surface area contributed by atoms with Crippen LogP contribution in [0.3, 0.4) is 0 Å². The zero-order chi connectivity index (χ0) is 31.8. The van der Waals surface area contributed by atoms with Gasteiger partial charge in [-0.3, -0.25) is 14.4 Å². The van der Waals surface area contributed by atoms with Crippen molar-refractivity contribution >= 4 is 45.8 Å². The number of hydrogen-bond donors (Lipinski definition) is 1. The van der Waals surface area contributed by atoms with Crippen molar-refractivity contribution in [3.05, 3.63) is 101 Å². The van der Waals surface area contributed by atoms with Crippen molar-refractivity contribution in [1.29, 1.82) is 0 Å². The second-order valence-corrected chi connectivity index (χ2v) is 11.5. The van der Waals surface area contributed by atoms with Crippen LogP contribution >= 0.6 is 11.6 Å². The fraction of sp³-hybridized carbons (Fsp3) is 0.206. The highest BCUT2D eigenvalue weighted by Gasteiger charge is 2.40. The van der Waals surface area contributed by atoms with Crippen molar-refractivity contribution < 1.29 is 23.2 Å². The summed E-state index contributed by atoms with van der Waals surface area (Å²) in [6.45, 7) is 2.77. The first-order valence-corrected chi connectivity index (χ1v) is 14.7. The SMILES string of the molecule is CC(=O)c1cn(CC(=O)N2C[C@H](F)CC2C(=O)Nc2cccc(-c3ccccc3Cl)c2F)c2ccc(-c3cnnc(C)c3)cc12. The fourth-order valence-corrected chi connectivity index (χ4v) is 6.03. The third-order valence-corrected chi connectivity index (χ3v) is 8.30. The number of aromatic nitrogens is 3. The molecule has 11 heteroatoms. The predicted octanol–water partition coefficient (Wildman–Crippen LogP) is 6.65. The average Bonchev–Trinajstić information content (AvgIpc) is 3.59. The Hall–Kier alpha value is -4.96. The number of Topliss-reactive ketones (excluding diaryl/α,β-unsaturated/α-hetero) is 1. The van der Waals surface area contributed by atoms with E-state index in [0.29, 0.717) is 27.1 Å². The lowest BCUT2D eigenvalue weighted by molar-refractivity contribution is -0.137. The fourth-order valence-electron chi connectivity index (χ4n) is 5.80. The summed E-state index contributed by atoms with van der Waals surface area (Å²) in [5.74, 6) is -2.09. The van der Waals surface area contributed by atoms with E-state index in [-0.39, 0.29) is 36.5 Å². The van der Waals surface area contributed by atoms with E-state index in [0.717, 1.165) is 16.8 Å². The third kappa shape index (κ3) is 5.93. The summed E-state index contributed by atoms with van der Waals surface area (Å²) in [6.07, 6.45) is 1.57. The Morgan fingerprint density at radius 1 is 1.02 bits per heavy atom. The Morgan fingerprint density at radius 3 is 2.56 bits per heavy atom. The van der Waals surface area contributed by atoms with E-state index in [1.165, 1.54) is 17.9 Å². The molecule has 1 unspecified atom stereocenters. The first-order valence-electron chi connectivity index (χ1n) is 14.3. The van der Waals surface area contributed by atoms with Crippen LogP contribution in [0, 0.1) is 12.7 Å². The molecule has 8 nitrogen and oxygen atoms in total. The topological polar surface area (TPSA) is 97.2 Å². The summed E-state index contributed by atoms with van der Waals surface area (Å²) in [5.41, 5.74) is 4.00. The lowest BCUT2D eigenvalue weighted by Gasteiger charge is -2.24. The van der Waals surface area contributed by atoms with Crippen molar-refractivity contribution in [3.63, 3.8) is 0 Å². The van der Waals surface area contributed by atoms with Gasteiger partial charge in [0.2, 0.25) is 11.8 Å². The van der Waals surface area contributed by atoms with E-state index in [9.17, 15) is 18.8 Å². The zero-order valence-corrected chi connectivity index (χ0v) is 25.2. The van der Waals surface area contributed by atoms with E-state index in [2.05, 4.69) is 15.5 Å². The molecule has 1 N–H and O–H groups in total. The summed E-state index contributed by atoms with van der Waals surface area (Å²) in [6, 6.07) is 17.5. The van der Waals surface area contributed by atoms with Gasteiger partial charge in [0, 0.05) is 50.8 Å². The molecule has 0 bridgehead atoms. The van der Waals surface area contributed by atoms with Gasteiger partial charge in [-0.2, -0.15) is 10.2 Å². The molecule has 5 aromatic rings. The molecular weight excluding hydrogens is 600 g/mol. The normalized spacial score (nSPS) is 16.2. The molecule has 3 aromatic carbocycles. The maximum atomic E-state index is 15.5. The summed E-state index contributed by atoms with van der Waals surface area (Å²) >= 11 is 6.26. The highest BCUT2D eigenvalue weighted by Crippen LogP contribution is 2.34. The number of carbonyl (C=O) groups is 3. The van der Waals surface area contributed by atoms with Crippen LogP contribution in [0.1, 0.15) is 29.4 Å². The van der Waals surface area contributed by atoms with Crippen LogP contribution in [0.15, 0.2) is 79.1 Å². The summed E-state index contributed by atoms with van der Waals surface area (Å²) in [4.78, 5) is 40.7. The minimum atomic E-state index is -1.43. The number of nitrogens with one attached hydrogen (secondary N) is 1. The minimum absolute atomic E-state index is 0.106. The van der Waals surface area contributed by atoms with Gasteiger partial charge < -0.3 is 14.8 Å². The number of halogens is 3. The quantitative estimate of drug-likeness (QED) is 0.204. The number of carbonyl (C=O) groups excluding carboxylic acids is 3. The molecule has 1 aliphatic rings. The predicted molar refractivity (Wildman–Crippen MR) is 168 cm³/mol. The number of hydrogen-bond acceptors (Lipinski definition) is 5. The van der Waals surface area contributed by atoms with Crippen LogP contribution in [-0.2, 0) is 16.1 Å². The Morgan fingerprint density at radius 2 is 1.80 bits per heavy atom. The lowest BCUT2D eigenvalue weighted by atomic mass is 10.0. The van der Waals surface area contributed by atoms with Crippen LogP contribution in [0.2, 0.25) is 5.02 Å². The molecule has 1 fully saturated rings. The Kier molecular flexibility index (Phi) is 8.16. The molecule has 2 atom stereocenters. The van der Waals surface area contributed by atoms with Crippen LogP contribution < -0.4 is 5.32 Å². The molecule has 6 rings (SSSR count). The molecule has 3 heterocycles. The minimum Gasteiger partial charge on any atom is -0.337 e. The molecule has 0 aliphatic carbocycles. The van der Waals surface area contributed by atoms with E-state index >= 15 is 4.39 Å². The van der Waals surface area contributed by atoms with Crippen LogP contribution in [0.4, 0.5) is 14.5 Å². The van der Waals surface area contributed by atoms with Crippen molar-refractivity contribution in [2.45, 2.75) is 39.0 Å². The number of alkyl halides is 1. The first kappa shape index (κ1) is 30.1. The highest BCUT2D eigenvalue weighted by molar-refractivity contribution is 6.33. The maximum absolute atomic E-state index is 15.5. The number of likely N-dealkylation sites (tertiary alicyclic amines) is 1. The van der Waals surface area contributed by atoms with Gasteiger partial charge in [0.15, 0.2) is 11.6 Å². The number of anilines is 1. The molecular formula is C34H28ClF2N5O3. The van der Waals surface area contributed by atoms with Crippen LogP contribution in [-0.4, -0.2) is 56.0 Å². The Bertz CT molecular complexity index is 1980. The standard InChI is InChI=1S/C34H28ClF2N5O3/c1-19-12-22(15-38-40-19)21-10-11-30-26(13-21)27(20(2)43)17-41(30)18-32(44)42-16-23(36)14-31(42)34(45)39-29-9-5-7-25(33(29)37)24-6-3-4-8-28(24)35/h3-13,15,17,23,31H,14,16,18H2,1-2H3,(H,39,45)/t23-,31?/m1/s1. The summed E-state index contributed by atoms with van der Waals surface area (Å²) in [5, 5.41) is 11.5. The monoisotopic (exact) mass is 627 g/mol. The van der Waals surface area contributed by atoms with Gasteiger partial charge in [-0.15, -0.1) is 0 Å². The molecule has 0 radical (unpaired) electrons. The smallest absolute Gasteiger partial charge is 0.247 e. The molecule has 2 aromatic heterocycles. The second kappa shape index (κ2) is 12.2. The van der Waals surface area contributed by atoms with Crippen LogP contribution in [0.5, 0.6) is 0 Å². The van der Waals surface area contributed by atoms with E-state index < -0.39 is 29.8 Å². The second-order valence-electron chi connectivity index (χ2n) is 11.1. The molecule has 0 saturated carbocycles. The van der Waals surface area contributed by atoms with Gasteiger partial charge in [-0.1, -0.05) is 48.0 Å². The van der Waals surface area contributed by atoms with Gasteiger partial charge in [0.25, 0.3) is 0 Å². The molecule has 1 saturated heterocycles. The van der Waals surface area contributed by atoms with Gasteiger partial charge in [-0.25, -0.2) is 8.78 Å². The van der Waals surface area contributed by atoms with E-state index in [1.54, 1.807) is 59.4 Å². The van der Waals surface area contributed by atoms with Crippen molar-refractivity contribution in [1.82, 2.24) is 19.7 Å². The zero-order valence-electron chi connectivity index (χ0n) is 24.4. The molecule has 228 valence electrons. The maximum Gasteiger partial charge on any atom is 0.247 e. The van der Waals surface area contributed by atoms with E-state index in [1.807, 2.05) is 25.1 Å². The Balaban J connectivity index is 1.25. The lowest BCUT2D eigenvalue weighted by Crippen LogP contribution is -2.44. The number of ketones is 1. The highest BCUT2D eigenvalue weighted by atomic mass is 35.5. The van der Waals surface area contributed by atoms with Gasteiger partial charge in [0.1, 0.15) is 18.8 Å². The van der Waals surface area contributed by atoms with E-state index in [4.69, 9.17) is 11.6 Å². The van der Waals surface area contributed by atoms with Gasteiger partial charge in [-0.05, 0) is 49.7 Å². The van der Waals surface area contributed by atoms with Gasteiger partial charge in [0.05, 0.1) is 24.1 Å². The summed E-state index contributed by atoms with van der Waals surface area (Å²) < 4.78 is 31.8. The molecule has 0 spiro atoms.